The molecule has 2 nitrogen and oxygen atoms in total. The number of hydrogen-bond acceptors (Lipinski definition) is 2. The van der Waals surface area contributed by atoms with Crippen molar-refractivity contribution in [3.05, 3.63) is 36.5 Å². The standard InChI is InChI=1S/C13H18O2/c1-5-11(14)13(10(2)3)9-7-6-8-12(13,4)15/h6-9,15H,2,5H2,1,3-4H3. The first kappa shape index (κ1) is 11.9. The summed E-state index contributed by atoms with van der Waals surface area (Å²) in [6, 6.07) is 0. The van der Waals surface area contributed by atoms with Crippen molar-refractivity contribution in [2.24, 2.45) is 5.41 Å². The number of aliphatic hydroxyl groups is 1. The van der Waals surface area contributed by atoms with Crippen molar-refractivity contribution >= 4 is 5.78 Å². The van der Waals surface area contributed by atoms with Crippen LogP contribution < -0.4 is 0 Å². The zero-order chi connectivity index (χ0) is 11.7. The van der Waals surface area contributed by atoms with Gasteiger partial charge in [-0.15, -0.1) is 0 Å². The fourth-order valence-corrected chi connectivity index (χ4v) is 2.21. The molecule has 2 heteroatoms. The van der Waals surface area contributed by atoms with E-state index in [1.54, 1.807) is 45.1 Å². The zero-order valence-corrected chi connectivity index (χ0v) is 9.58. The topological polar surface area (TPSA) is 37.3 Å². The lowest BCUT2D eigenvalue weighted by molar-refractivity contribution is -0.132. The monoisotopic (exact) mass is 206 g/mol. The molecule has 1 aliphatic carbocycles. The van der Waals surface area contributed by atoms with Gasteiger partial charge in [0.2, 0.25) is 0 Å². The number of Topliss-reactive ketones (excluding diaryl/α,β-unsaturated/α-hetero) is 1. The highest BCUT2D eigenvalue weighted by Crippen LogP contribution is 2.44. The molecule has 1 N–H and O–H groups in total. The minimum Gasteiger partial charge on any atom is -0.384 e. The van der Waals surface area contributed by atoms with E-state index in [0.29, 0.717) is 12.0 Å². The third-order valence-corrected chi connectivity index (χ3v) is 3.11. The molecule has 0 radical (unpaired) electrons. The molecule has 0 saturated heterocycles. The van der Waals surface area contributed by atoms with E-state index in [-0.39, 0.29) is 5.78 Å². The number of rotatable bonds is 3. The van der Waals surface area contributed by atoms with Gasteiger partial charge in [-0.3, -0.25) is 4.79 Å². The predicted octanol–water partition coefficient (Wildman–Crippen LogP) is 2.41. The quantitative estimate of drug-likeness (QED) is 0.720. The van der Waals surface area contributed by atoms with E-state index in [2.05, 4.69) is 6.58 Å². The Kier molecular flexibility index (Phi) is 3.00. The van der Waals surface area contributed by atoms with Crippen molar-refractivity contribution in [2.75, 3.05) is 0 Å². The van der Waals surface area contributed by atoms with Crippen LogP contribution in [0.1, 0.15) is 27.2 Å². The van der Waals surface area contributed by atoms with Crippen molar-refractivity contribution in [2.45, 2.75) is 32.8 Å². The van der Waals surface area contributed by atoms with E-state index >= 15 is 0 Å². The molecule has 0 aliphatic heterocycles. The summed E-state index contributed by atoms with van der Waals surface area (Å²) in [5.41, 5.74) is -1.46. The molecule has 0 heterocycles. The van der Waals surface area contributed by atoms with Crippen LogP contribution in [-0.2, 0) is 4.79 Å². The van der Waals surface area contributed by atoms with E-state index < -0.39 is 11.0 Å². The summed E-state index contributed by atoms with van der Waals surface area (Å²) in [6.45, 7) is 9.08. The number of carbonyl (C=O) groups excluding carboxylic acids is 1. The van der Waals surface area contributed by atoms with Gasteiger partial charge < -0.3 is 5.11 Å². The first-order valence-electron chi connectivity index (χ1n) is 5.17. The number of hydrogen-bond donors (Lipinski definition) is 1. The fraction of sp³-hybridized carbons (Fsp3) is 0.462. The van der Waals surface area contributed by atoms with Gasteiger partial charge in [0.25, 0.3) is 0 Å². The summed E-state index contributed by atoms with van der Waals surface area (Å²) in [6.07, 6.45) is 7.34. The average molecular weight is 206 g/mol. The molecule has 0 bridgehead atoms. The Morgan fingerprint density at radius 1 is 1.40 bits per heavy atom. The molecule has 1 rings (SSSR count). The highest BCUT2D eigenvalue weighted by molar-refractivity contribution is 5.91. The molecule has 0 aromatic carbocycles. The second-order valence-corrected chi connectivity index (χ2v) is 4.23. The molecular formula is C13H18O2. The predicted molar refractivity (Wildman–Crippen MR) is 61.4 cm³/mol. The van der Waals surface area contributed by atoms with Crippen molar-refractivity contribution in [1.82, 2.24) is 0 Å². The van der Waals surface area contributed by atoms with E-state index in [1.165, 1.54) is 0 Å². The first-order chi connectivity index (χ1) is 6.88. The highest BCUT2D eigenvalue weighted by atomic mass is 16.3. The van der Waals surface area contributed by atoms with Gasteiger partial charge in [0.1, 0.15) is 5.78 Å². The van der Waals surface area contributed by atoms with Gasteiger partial charge >= 0.3 is 0 Å². The van der Waals surface area contributed by atoms with Gasteiger partial charge in [-0.05, 0) is 13.8 Å². The van der Waals surface area contributed by atoms with Gasteiger partial charge in [0.15, 0.2) is 0 Å². The van der Waals surface area contributed by atoms with Crippen LogP contribution in [0.25, 0.3) is 0 Å². The molecule has 0 fully saturated rings. The van der Waals surface area contributed by atoms with Gasteiger partial charge in [-0.25, -0.2) is 0 Å². The summed E-state index contributed by atoms with van der Waals surface area (Å²) in [7, 11) is 0. The molecule has 1 aliphatic rings. The lowest BCUT2D eigenvalue weighted by Crippen LogP contribution is -2.50. The maximum Gasteiger partial charge on any atom is 0.149 e. The normalized spacial score (nSPS) is 34.1. The van der Waals surface area contributed by atoms with Gasteiger partial charge in [-0.2, -0.15) is 0 Å². The Morgan fingerprint density at radius 2 is 1.93 bits per heavy atom. The summed E-state index contributed by atoms with van der Waals surface area (Å²) in [5, 5.41) is 10.3. The van der Waals surface area contributed by atoms with Gasteiger partial charge in [-0.1, -0.05) is 43.4 Å². The first-order valence-corrected chi connectivity index (χ1v) is 5.17. The number of carbonyl (C=O) groups is 1. The SMILES string of the molecule is C=C(C)C1(C(=O)CC)C=CC=CC1(C)O. The molecule has 2 atom stereocenters. The van der Waals surface area contributed by atoms with Crippen LogP contribution in [0.2, 0.25) is 0 Å². The largest absolute Gasteiger partial charge is 0.384 e. The molecule has 2 unspecified atom stereocenters. The van der Waals surface area contributed by atoms with Crippen molar-refractivity contribution in [3.8, 4) is 0 Å². The van der Waals surface area contributed by atoms with Gasteiger partial charge in [0.05, 0.1) is 11.0 Å². The number of ketones is 1. The van der Waals surface area contributed by atoms with Gasteiger partial charge in [0, 0.05) is 6.42 Å². The van der Waals surface area contributed by atoms with E-state index in [4.69, 9.17) is 0 Å². The maximum atomic E-state index is 12.0. The Hall–Kier alpha value is -1.15. The third kappa shape index (κ3) is 1.59. The zero-order valence-electron chi connectivity index (χ0n) is 9.58. The van der Waals surface area contributed by atoms with Crippen molar-refractivity contribution in [3.63, 3.8) is 0 Å². The van der Waals surface area contributed by atoms with Crippen LogP contribution in [0.15, 0.2) is 36.5 Å². The van der Waals surface area contributed by atoms with E-state index in [1.807, 2.05) is 0 Å². The Labute approximate surface area is 91.0 Å². The second-order valence-electron chi connectivity index (χ2n) is 4.23. The summed E-state index contributed by atoms with van der Waals surface area (Å²) >= 11 is 0. The van der Waals surface area contributed by atoms with Crippen LogP contribution in [0.4, 0.5) is 0 Å². The second kappa shape index (κ2) is 3.78. The molecule has 0 spiro atoms. The fourth-order valence-electron chi connectivity index (χ4n) is 2.21. The Bertz CT molecular complexity index is 348. The molecule has 0 aromatic heterocycles. The molecule has 15 heavy (non-hydrogen) atoms. The van der Waals surface area contributed by atoms with E-state index in [0.717, 1.165) is 0 Å². The average Bonchev–Trinajstić information content (AvgIpc) is 2.15. The lowest BCUT2D eigenvalue weighted by Gasteiger charge is -2.42. The maximum absolute atomic E-state index is 12.0. The van der Waals surface area contributed by atoms with Crippen LogP contribution in [0.3, 0.4) is 0 Å². The summed E-state index contributed by atoms with van der Waals surface area (Å²) in [5.74, 6) is 0.000556. The van der Waals surface area contributed by atoms with Crippen molar-refractivity contribution in [1.29, 1.82) is 0 Å². The molecule has 0 saturated carbocycles. The van der Waals surface area contributed by atoms with Crippen LogP contribution in [-0.4, -0.2) is 16.5 Å². The molecule has 0 aromatic rings. The minimum atomic E-state index is -1.18. The minimum absolute atomic E-state index is 0.000556. The Morgan fingerprint density at radius 3 is 2.33 bits per heavy atom. The van der Waals surface area contributed by atoms with Crippen molar-refractivity contribution < 1.29 is 9.90 Å². The van der Waals surface area contributed by atoms with Crippen LogP contribution >= 0.6 is 0 Å². The number of allylic oxidation sites excluding steroid dienone is 2. The van der Waals surface area contributed by atoms with E-state index in [9.17, 15) is 9.90 Å². The summed E-state index contributed by atoms with van der Waals surface area (Å²) in [4.78, 5) is 12.0. The van der Waals surface area contributed by atoms with Crippen LogP contribution in [0.5, 0.6) is 0 Å². The molecular weight excluding hydrogens is 188 g/mol. The highest BCUT2D eigenvalue weighted by Gasteiger charge is 2.50. The van der Waals surface area contributed by atoms with Crippen LogP contribution in [0, 0.1) is 5.41 Å². The molecule has 0 amide bonds. The summed E-state index contributed by atoms with van der Waals surface area (Å²) < 4.78 is 0. The molecule has 82 valence electrons. The lowest BCUT2D eigenvalue weighted by atomic mass is 9.63. The smallest absolute Gasteiger partial charge is 0.149 e. The third-order valence-electron chi connectivity index (χ3n) is 3.11. The Balaban J connectivity index is 3.34.